The first-order valence-electron chi connectivity index (χ1n) is 6.63. The van der Waals surface area contributed by atoms with Gasteiger partial charge in [0.1, 0.15) is 0 Å². The molecule has 0 amide bonds. The predicted molar refractivity (Wildman–Crippen MR) is 60.0 cm³/mol. The van der Waals surface area contributed by atoms with E-state index in [1.165, 1.54) is 6.42 Å². The van der Waals surface area contributed by atoms with Crippen molar-refractivity contribution in [2.45, 2.75) is 52.9 Å². The molecular weight excluding hydrogens is 168 g/mol. The van der Waals surface area contributed by atoms with Crippen LogP contribution < -0.4 is 0 Å². The third kappa shape index (κ3) is 0.955. The van der Waals surface area contributed by atoms with Gasteiger partial charge in [0.05, 0.1) is 0 Å². The molecule has 14 heavy (non-hydrogen) atoms. The van der Waals surface area contributed by atoms with Gasteiger partial charge in [0.2, 0.25) is 0 Å². The summed E-state index contributed by atoms with van der Waals surface area (Å²) < 4.78 is 0. The molecule has 4 unspecified atom stereocenters. The highest BCUT2D eigenvalue weighted by Crippen LogP contribution is 2.67. The average molecular weight is 192 g/mol. The van der Waals surface area contributed by atoms with Gasteiger partial charge >= 0.3 is 0 Å². The van der Waals surface area contributed by atoms with E-state index in [0.717, 1.165) is 29.6 Å². The van der Waals surface area contributed by atoms with Gasteiger partial charge in [0, 0.05) is 0 Å². The van der Waals surface area contributed by atoms with E-state index in [9.17, 15) is 0 Å². The number of rotatable bonds is 1. The van der Waals surface area contributed by atoms with Gasteiger partial charge in [-0.1, -0.05) is 27.2 Å². The minimum Gasteiger partial charge on any atom is -0.0622 e. The second kappa shape index (κ2) is 2.77. The van der Waals surface area contributed by atoms with Crippen LogP contribution in [-0.2, 0) is 0 Å². The van der Waals surface area contributed by atoms with Crippen molar-refractivity contribution in [1.29, 1.82) is 0 Å². The average Bonchev–Trinajstić information content (AvgIpc) is 2.71. The van der Waals surface area contributed by atoms with E-state index in [-0.39, 0.29) is 0 Å². The normalized spacial score (nSPS) is 55.7. The maximum atomic E-state index is 2.58. The Morgan fingerprint density at radius 2 is 1.86 bits per heavy atom. The van der Waals surface area contributed by atoms with E-state index in [4.69, 9.17) is 0 Å². The van der Waals surface area contributed by atoms with Crippen molar-refractivity contribution in [3.8, 4) is 0 Å². The first-order chi connectivity index (χ1) is 6.63. The maximum absolute atomic E-state index is 2.58. The van der Waals surface area contributed by atoms with E-state index in [2.05, 4.69) is 20.8 Å². The van der Waals surface area contributed by atoms with Crippen molar-refractivity contribution in [2.24, 2.45) is 35.0 Å². The Hall–Kier alpha value is 0. The van der Waals surface area contributed by atoms with Crippen molar-refractivity contribution in [3.05, 3.63) is 0 Å². The largest absolute Gasteiger partial charge is 0.0622 e. The molecule has 2 bridgehead atoms. The zero-order chi connectivity index (χ0) is 9.92. The lowest BCUT2D eigenvalue weighted by Crippen LogP contribution is -2.36. The Labute approximate surface area is 88.5 Å². The SMILES string of the molecule is CC(C)[C@@]1(C)CC2CC1C1CCCC21. The molecule has 0 aliphatic heterocycles. The Balaban J connectivity index is 1.89. The topological polar surface area (TPSA) is 0 Å². The van der Waals surface area contributed by atoms with Crippen LogP contribution in [0.4, 0.5) is 0 Å². The van der Waals surface area contributed by atoms with Crippen LogP contribution in [-0.4, -0.2) is 0 Å². The number of hydrogen-bond acceptors (Lipinski definition) is 0. The first-order valence-corrected chi connectivity index (χ1v) is 6.63. The highest BCUT2D eigenvalue weighted by molar-refractivity contribution is 5.08. The third-order valence-corrected chi connectivity index (χ3v) is 6.17. The zero-order valence-electron chi connectivity index (χ0n) is 9.92. The summed E-state index contributed by atoms with van der Waals surface area (Å²) in [6.45, 7) is 7.48. The summed E-state index contributed by atoms with van der Waals surface area (Å²) in [6.07, 6.45) is 7.81. The standard InChI is InChI=1S/C14H24/c1-9(2)14(3)8-10-7-13(14)12-6-4-5-11(10)12/h9-13H,4-8H2,1-3H3/t10?,11?,12?,13?,14-/m1/s1. The molecule has 0 aromatic heterocycles. The minimum absolute atomic E-state index is 0.705. The Bertz CT molecular complexity index is 242. The van der Waals surface area contributed by atoms with Crippen molar-refractivity contribution >= 4 is 0 Å². The molecular formula is C14H24. The van der Waals surface area contributed by atoms with E-state index < -0.39 is 0 Å². The van der Waals surface area contributed by atoms with Gasteiger partial charge in [0.15, 0.2) is 0 Å². The minimum atomic E-state index is 0.705. The van der Waals surface area contributed by atoms with Crippen molar-refractivity contribution in [3.63, 3.8) is 0 Å². The molecule has 5 atom stereocenters. The molecule has 3 aliphatic carbocycles. The Kier molecular flexibility index (Phi) is 1.83. The van der Waals surface area contributed by atoms with Crippen LogP contribution in [0, 0.1) is 35.0 Å². The molecule has 0 nitrogen and oxygen atoms in total. The summed E-state index contributed by atoms with van der Waals surface area (Å²) >= 11 is 0. The highest BCUT2D eigenvalue weighted by atomic mass is 14.6. The number of fused-ring (bicyclic) bond motifs is 5. The lowest BCUT2D eigenvalue weighted by molar-refractivity contribution is 0.0542. The van der Waals surface area contributed by atoms with E-state index in [0.29, 0.717) is 5.41 Å². The van der Waals surface area contributed by atoms with E-state index >= 15 is 0 Å². The van der Waals surface area contributed by atoms with Crippen molar-refractivity contribution < 1.29 is 0 Å². The summed E-state index contributed by atoms with van der Waals surface area (Å²) in [5.41, 5.74) is 0.705. The van der Waals surface area contributed by atoms with Gasteiger partial charge in [-0.2, -0.15) is 0 Å². The van der Waals surface area contributed by atoms with Crippen molar-refractivity contribution in [2.75, 3.05) is 0 Å². The fourth-order valence-corrected chi connectivity index (χ4v) is 5.15. The van der Waals surface area contributed by atoms with Gasteiger partial charge in [-0.25, -0.2) is 0 Å². The maximum Gasteiger partial charge on any atom is -0.0269 e. The van der Waals surface area contributed by atoms with Gasteiger partial charge < -0.3 is 0 Å². The molecule has 0 saturated heterocycles. The highest BCUT2D eigenvalue weighted by Gasteiger charge is 2.59. The van der Waals surface area contributed by atoms with Crippen LogP contribution in [0.25, 0.3) is 0 Å². The van der Waals surface area contributed by atoms with Crippen LogP contribution in [0.2, 0.25) is 0 Å². The fourth-order valence-electron chi connectivity index (χ4n) is 5.15. The first kappa shape index (κ1) is 9.24. The van der Waals surface area contributed by atoms with E-state index in [1.807, 2.05) is 0 Å². The molecule has 0 N–H and O–H groups in total. The van der Waals surface area contributed by atoms with Gasteiger partial charge in [-0.3, -0.25) is 0 Å². The fraction of sp³-hybridized carbons (Fsp3) is 1.00. The molecule has 0 aromatic rings. The lowest BCUT2D eigenvalue weighted by Gasteiger charge is -2.43. The number of hydrogen-bond donors (Lipinski definition) is 0. The molecule has 3 rings (SSSR count). The smallest absolute Gasteiger partial charge is 0.0269 e. The molecule has 3 saturated carbocycles. The summed E-state index contributed by atoms with van der Waals surface area (Å²) in [6, 6.07) is 0. The molecule has 0 spiro atoms. The van der Waals surface area contributed by atoms with Crippen LogP contribution in [0.5, 0.6) is 0 Å². The van der Waals surface area contributed by atoms with Crippen LogP contribution in [0.1, 0.15) is 52.9 Å². The summed E-state index contributed by atoms with van der Waals surface area (Å²) in [5, 5.41) is 0. The quantitative estimate of drug-likeness (QED) is 0.586. The van der Waals surface area contributed by atoms with Crippen LogP contribution in [0.3, 0.4) is 0 Å². The molecule has 3 aliphatic rings. The Morgan fingerprint density at radius 1 is 1.14 bits per heavy atom. The second-order valence-corrected chi connectivity index (χ2v) is 6.73. The Morgan fingerprint density at radius 3 is 2.57 bits per heavy atom. The van der Waals surface area contributed by atoms with Crippen LogP contribution in [0.15, 0.2) is 0 Å². The summed E-state index contributed by atoms with van der Waals surface area (Å²) in [5.74, 6) is 5.42. The van der Waals surface area contributed by atoms with Gasteiger partial charge in [-0.05, 0) is 60.7 Å². The molecule has 0 radical (unpaired) electrons. The lowest BCUT2D eigenvalue weighted by atomic mass is 9.62. The zero-order valence-corrected chi connectivity index (χ0v) is 9.92. The van der Waals surface area contributed by atoms with Crippen LogP contribution >= 0.6 is 0 Å². The molecule has 3 fully saturated rings. The molecule has 80 valence electrons. The second-order valence-electron chi connectivity index (χ2n) is 6.73. The predicted octanol–water partition coefficient (Wildman–Crippen LogP) is 4.10. The molecule has 0 heterocycles. The monoisotopic (exact) mass is 192 g/mol. The molecule has 0 heteroatoms. The van der Waals surface area contributed by atoms with Crippen molar-refractivity contribution in [1.82, 2.24) is 0 Å². The third-order valence-electron chi connectivity index (χ3n) is 6.17. The van der Waals surface area contributed by atoms with Gasteiger partial charge in [0.25, 0.3) is 0 Å². The summed E-state index contributed by atoms with van der Waals surface area (Å²) in [4.78, 5) is 0. The summed E-state index contributed by atoms with van der Waals surface area (Å²) in [7, 11) is 0. The van der Waals surface area contributed by atoms with E-state index in [1.54, 1.807) is 25.7 Å². The van der Waals surface area contributed by atoms with Gasteiger partial charge in [-0.15, -0.1) is 0 Å². The molecule has 0 aromatic carbocycles.